The SMILES string of the molecule is CC(C)CC1Cc2cccc([N+](=O)[O-])c2CN1CCNCc1ccccc1. The Morgan fingerprint density at radius 3 is 2.67 bits per heavy atom. The van der Waals surface area contributed by atoms with Gasteiger partial charge in [-0.15, -0.1) is 0 Å². The van der Waals surface area contributed by atoms with E-state index in [0.717, 1.165) is 43.6 Å². The normalized spacial score (nSPS) is 17.1. The first-order chi connectivity index (χ1) is 13.0. The number of nitro groups is 1. The van der Waals surface area contributed by atoms with Crippen molar-refractivity contribution in [3.05, 3.63) is 75.3 Å². The van der Waals surface area contributed by atoms with Crippen LogP contribution in [0, 0.1) is 16.0 Å². The van der Waals surface area contributed by atoms with Gasteiger partial charge in [0.15, 0.2) is 0 Å². The fourth-order valence-corrected chi connectivity index (χ4v) is 3.97. The summed E-state index contributed by atoms with van der Waals surface area (Å²) in [5.41, 5.74) is 3.57. The Bertz CT molecular complexity index is 761. The van der Waals surface area contributed by atoms with E-state index in [1.54, 1.807) is 6.07 Å². The fraction of sp³-hybridized carbons (Fsp3) is 0.455. The number of fused-ring (bicyclic) bond motifs is 1. The van der Waals surface area contributed by atoms with Crippen molar-refractivity contribution in [1.29, 1.82) is 0 Å². The van der Waals surface area contributed by atoms with Crippen LogP contribution in [-0.4, -0.2) is 29.0 Å². The van der Waals surface area contributed by atoms with Gasteiger partial charge >= 0.3 is 0 Å². The van der Waals surface area contributed by atoms with Gasteiger partial charge < -0.3 is 5.32 Å². The summed E-state index contributed by atoms with van der Waals surface area (Å²) in [5, 5.41) is 14.9. The predicted molar refractivity (Wildman–Crippen MR) is 109 cm³/mol. The van der Waals surface area contributed by atoms with Crippen molar-refractivity contribution in [3.8, 4) is 0 Å². The quantitative estimate of drug-likeness (QED) is 0.432. The Morgan fingerprint density at radius 1 is 1.19 bits per heavy atom. The van der Waals surface area contributed by atoms with Crippen LogP contribution in [0.5, 0.6) is 0 Å². The van der Waals surface area contributed by atoms with Gasteiger partial charge in [-0.3, -0.25) is 15.0 Å². The molecule has 0 aromatic heterocycles. The van der Waals surface area contributed by atoms with Gasteiger partial charge in [0, 0.05) is 43.9 Å². The standard InChI is InChI=1S/C22H29N3O2/c1-17(2)13-20-14-19-9-6-10-22(25(26)27)21(19)16-24(20)12-11-23-15-18-7-4-3-5-8-18/h3-10,17,20,23H,11-16H2,1-2H3. The first-order valence-electron chi connectivity index (χ1n) is 9.78. The Morgan fingerprint density at radius 2 is 1.96 bits per heavy atom. The van der Waals surface area contributed by atoms with E-state index in [4.69, 9.17) is 0 Å². The zero-order valence-corrected chi connectivity index (χ0v) is 16.2. The number of benzene rings is 2. The minimum atomic E-state index is -0.243. The summed E-state index contributed by atoms with van der Waals surface area (Å²) in [6.45, 7) is 7.77. The zero-order chi connectivity index (χ0) is 19.2. The molecule has 0 aliphatic carbocycles. The van der Waals surface area contributed by atoms with Gasteiger partial charge in [-0.2, -0.15) is 0 Å². The van der Waals surface area contributed by atoms with Crippen LogP contribution in [0.2, 0.25) is 0 Å². The highest BCUT2D eigenvalue weighted by molar-refractivity contribution is 5.47. The lowest BCUT2D eigenvalue weighted by molar-refractivity contribution is -0.385. The van der Waals surface area contributed by atoms with Crippen LogP contribution in [0.25, 0.3) is 0 Å². The van der Waals surface area contributed by atoms with Gasteiger partial charge in [-0.05, 0) is 29.9 Å². The predicted octanol–water partition coefficient (Wildman–Crippen LogP) is 4.16. The van der Waals surface area contributed by atoms with Gasteiger partial charge in [0.25, 0.3) is 5.69 Å². The van der Waals surface area contributed by atoms with Crippen molar-refractivity contribution in [3.63, 3.8) is 0 Å². The third kappa shape index (κ3) is 5.15. The van der Waals surface area contributed by atoms with Crippen molar-refractivity contribution >= 4 is 5.69 Å². The third-order valence-corrected chi connectivity index (χ3v) is 5.27. The molecule has 5 nitrogen and oxygen atoms in total. The number of nitrogens with one attached hydrogen (secondary N) is 1. The lowest BCUT2D eigenvalue weighted by Gasteiger charge is -2.37. The summed E-state index contributed by atoms with van der Waals surface area (Å²) in [6.07, 6.45) is 2.01. The molecule has 2 aromatic rings. The average molecular weight is 367 g/mol. The highest BCUT2D eigenvalue weighted by Gasteiger charge is 2.30. The number of nitro benzene ring substituents is 1. The van der Waals surface area contributed by atoms with Crippen molar-refractivity contribution in [2.24, 2.45) is 5.92 Å². The van der Waals surface area contributed by atoms with Gasteiger partial charge in [0.2, 0.25) is 0 Å². The maximum Gasteiger partial charge on any atom is 0.274 e. The minimum absolute atomic E-state index is 0.243. The molecule has 5 heteroatoms. The number of hydrogen-bond acceptors (Lipinski definition) is 4. The van der Waals surface area contributed by atoms with Gasteiger partial charge in [-0.25, -0.2) is 0 Å². The van der Waals surface area contributed by atoms with Crippen LogP contribution >= 0.6 is 0 Å². The van der Waals surface area contributed by atoms with Crippen LogP contribution in [-0.2, 0) is 19.5 Å². The molecule has 1 heterocycles. The second-order valence-electron chi connectivity index (χ2n) is 7.79. The molecule has 0 saturated carbocycles. The van der Waals surface area contributed by atoms with Crippen LogP contribution in [0.4, 0.5) is 5.69 Å². The molecular weight excluding hydrogens is 338 g/mol. The zero-order valence-electron chi connectivity index (χ0n) is 16.2. The molecule has 0 radical (unpaired) electrons. The second-order valence-corrected chi connectivity index (χ2v) is 7.79. The number of rotatable bonds is 8. The smallest absolute Gasteiger partial charge is 0.274 e. The van der Waals surface area contributed by atoms with Gasteiger partial charge in [0.1, 0.15) is 0 Å². The molecule has 144 valence electrons. The molecule has 1 unspecified atom stereocenters. The Labute approximate surface area is 161 Å². The summed E-state index contributed by atoms with van der Waals surface area (Å²) < 4.78 is 0. The molecule has 0 fully saturated rings. The second kappa shape index (κ2) is 9.11. The Balaban J connectivity index is 1.67. The Kier molecular flexibility index (Phi) is 6.58. The first kappa shape index (κ1) is 19.5. The maximum absolute atomic E-state index is 11.4. The molecule has 1 aliphatic heterocycles. The van der Waals surface area contributed by atoms with Crippen LogP contribution in [0.1, 0.15) is 37.0 Å². The summed E-state index contributed by atoms with van der Waals surface area (Å²) in [6, 6.07) is 16.3. The van der Waals surface area contributed by atoms with Gasteiger partial charge in [-0.1, -0.05) is 56.3 Å². The van der Waals surface area contributed by atoms with E-state index in [-0.39, 0.29) is 10.6 Å². The lowest BCUT2D eigenvalue weighted by atomic mass is 9.88. The summed E-state index contributed by atoms with van der Waals surface area (Å²) in [5.74, 6) is 0.607. The maximum atomic E-state index is 11.4. The van der Waals surface area contributed by atoms with E-state index in [1.165, 1.54) is 5.56 Å². The van der Waals surface area contributed by atoms with E-state index in [0.29, 0.717) is 18.5 Å². The van der Waals surface area contributed by atoms with Crippen molar-refractivity contribution in [2.45, 2.75) is 45.8 Å². The largest absolute Gasteiger partial charge is 0.311 e. The van der Waals surface area contributed by atoms with Crippen molar-refractivity contribution in [1.82, 2.24) is 10.2 Å². The first-order valence-corrected chi connectivity index (χ1v) is 9.78. The van der Waals surface area contributed by atoms with E-state index < -0.39 is 0 Å². The molecule has 1 aliphatic rings. The number of hydrogen-bond donors (Lipinski definition) is 1. The molecule has 0 bridgehead atoms. The molecule has 1 atom stereocenters. The monoisotopic (exact) mass is 367 g/mol. The van der Waals surface area contributed by atoms with E-state index in [1.807, 2.05) is 12.1 Å². The van der Waals surface area contributed by atoms with E-state index >= 15 is 0 Å². The molecule has 3 rings (SSSR count). The molecule has 27 heavy (non-hydrogen) atoms. The highest BCUT2D eigenvalue weighted by atomic mass is 16.6. The molecule has 0 spiro atoms. The van der Waals surface area contributed by atoms with Crippen LogP contribution in [0.3, 0.4) is 0 Å². The minimum Gasteiger partial charge on any atom is -0.311 e. The molecule has 0 saturated heterocycles. The molecule has 2 aromatic carbocycles. The van der Waals surface area contributed by atoms with E-state index in [2.05, 4.69) is 54.4 Å². The average Bonchev–Trinajstić information content (AvgIpc) is 2.65. The summed E-state index contributed by atoms with van der Waals surface area (Å²) in [7, 11) is 0. The van der Waals surface area contributed by atoms with E-state index in [9.17, 15) is 10.1 Å². The lowest BCUT2D eigenvalue weighted by Crippen LogP contribution is -2.44. The van der Waals surface area contributed by atoms with Crippen LogP contribution < -0.4 is 5.32 Å². The molecule has 1 N–H and O–H groups in total. The van der Waals surface area contributed by atoms with Crippen molar-refractivity contribution in [2.75, 3.05) is 13.1 Å². The third-order valence-electron chi connectivity index (χ3n) is 5.27. The molecule has 0 amide bonds. The topological polar surface area (TPSA) is 58.4 Å². The van der Waals surface area contributed by atoms with Gasteiger partial charge in [0.05, 0.1) is 4.92 Å². The van der Waals surface area contributed by atoms with Crippen LogP contribution in [0.15, 0.2) is 48.5 Å². The summed E-state index contributed by atoms with van der Waals surface area (Å²) in [4.78, 5) is 13.6. The Hall–Kier alpha value is -2.24. The van der Waals surface area contributed by atoms with Crippen molar-refractivity contribution < 1.29 is 4.92 Å². The summed E-state index contributed by atoms with van der Waals surface area (Å²) >= 11 is 0. The number of nitrogens with zero attached hydrogens (tertiary/aromatic N) is 2. The fourth-order valence-electron chi connectivity index (χ4n) is 3.97. The highest BCUT2D eigenvalue weighted by Crippen LogP contribution is 2.32. The molecular formula is C22H29N3O2.